The van der Waals surface area contributed by atoms with Gasteiger partial charge in [-0.2, -0.15) is 0 Å². The topological polar surface area (TPSA) is 12.0 Å². The molecule has 1 nitrogen and oxygen atoms in total. The molecule has 2 aromatic carbocycles. The van der Waals surface area contributed by atoms with E-state index in [1.54, 1.807) is 0 Å². The van der Waals surface area contributed by atoms with E-state index in [1.807, 2.05) is 0 Å². The van der Waals surface area contributed by atoms with E-state index in [0.717, 1.165) is 13.1 Å². The van der Waals surface area contributed by atoms with Crippen molar-refractivity contribution in [2.24, 2.45) is 0 Å². The van der Waals surface area contributed by atoms with Crippen LogP contribution in [0, 0.1) is 6.92 Å². The molecule has 0 unspecified atom stereocenters. The van der Waals surface area contributed by atoms with Gasteiger partial charge in [0.25, 0.3) is 0 Å². The summed E-state index contributed by atoms with van der Waals surface area (Å²) in [6.45, 7) is 6.19. The Kier molecular flexibility index (Phi) is 3.94. The third-order valence-corrected chi connectivity index (χ3v) is 2.89. The van der Waals surface area contributed by atoms with Crippen molar-refractivity contribution in [2.45, 2.75) is 20.4 Å². The fraction of sp³-hybridized carbons (Fsp3) is 0.250. The summed E-state index contributed by atoms with van der Waals surface area (Å²) in [4.78, 5) is 0. The van der Waals surface area contributed by atoms with Gasteiger partial charge >= 0.3 is 0 Å². The normalized spacial score (nSPS) is 10.5. The number of nitrogens with one attached hydrogen (secondary N) is 1. The highest BCUT2D eigenvalue weighted by Gasteiger charge is 1.98. The van der Waals surface area contributed by atoms with Crippen LogP contribution in [0.4, 0.5) is 0 Å². The molecular weight excluding hydrogens is 206 g/mol. The summed E-state index contributed by atoms with van der Waals surface area (Å²) in [6.07, 6.45) is 0. The number of hydrogen-bond donors (Lipinski definition) is 1. The Bertz CT molecular complexity index is 471. The van der Waals surface area contributed by atoms with Gasteiger partial charge in [0.1, 0.15) is 0 Å². The van der Waals surface area contributed by atoms with Gasteiger partial charge in [-0.15, -0.1) is 0 Å². The number of hydrogen-bond acceptors (Lipinski definition) is 1. The summed E-state index contributed by atoms with van der Waals surface area (Å²) < 4.78 is 0. The maximum absolute atomic E-state index is 3.35. The van der Waals surface area contributed by atoms with E-state index < -0.39 is 0 Å². The molecule has 88 valence electrons. The summed E-state index contributed by atoms with van der Waals surface area (Å²) in [7, 11) is 0. The first-order valence-corrected chi connectivity index (χ1v) is 6.16. The van der Waals surface area contributed by atoms with Crippen molar-refractivity contribution < 1.29 is 0 Å². The second-order valence-electron chi connectivity index (χ2n) is 4.35. The van der Waals surface area contributed by atoms with Crippen molar-refractivity contribution in [1.82, 2.24) is 5.32 Å². The Labute approximate surface area is 103 Å². The van der Waals surface area contributed by atoms with Gasteiger partial charge in [0.05, 0.1) is 0 Å². The molecule has 2 aromatic rings. The lowest BCUT2D eigenvalue weighted by Gasteiger charge is -2.06. The molecule has 0 amide bonds. The van der Waals surface area contributed by atoms with Crippen LogP contribution in [-0.2, 0) is 6.54 Å². The lowest BCUT2D eigenvalue weighted by molar-refractivity contribution is 0.727. The molecule has 0 aliphatic heterocycles. The molecule has 2 rings (SSSR count). The predicted octanol–water partition coefficient (Wildman–Crippen LogP) is 3.77. The third-order valence-electron chi connectivity index (χ3n) is 2.89. The largest absolute Gasteiger partial charge is 0.313 e. The SMILES string of the molecule is CCNCc1cccc(-c2ccc(C)cc2)c1. The highest BCUT2D eigenvalue weighted by atomic mass is 14.8. The fourth-order valence-corrected chi connectivity index (χ4v) is 1.88. The van der Waals surface area contributed by atoms with Crippen LogP contribution in [0.2, 0.25) is 0 Å². The molecule has 0 spiro atoms. The zero-order valence-corrected chi connectivity index (χ0v) is 10.5. The van der Waals surface area contributed by atoms with Gasteiger partial charge in [-0.05, 0) is 36.2 Å². The molecular formula is C16H19N. The Hall–Kier alpha value is -1.60. The minimum absolute atomic E-state index is 0.941. The summed E-state index contributed by atoms with van der Waals surface area (Å²) in [5, 5.41) is 3.35. The number of rotatable bonds is 4. The van der Waals surface area contributed by atoms with Gasteiger partial charge in [-0.1, -0.05) is 55.0 Å². The Morgan fingerprint density at radius 3 is 2.41 bits per heavy atom. The quantitative estimate of drug-likeness (QED) is 0.835. The molecule has 0 aromatic heterocycles. The Morgan fingerprint density at radius 1 is 0.941 bits per heavy atom. The van der Waals surface area contributed by atoms with Crippen LogP contribution in [0.15, 0.2) is 48.5 Å². The van der Waals surface area contributed by atoms with Gasteiger partial charge in [-0.25, -0.2) is 0 Å². The second kappa shape index (κ2) is 5.65. The predicted molar refractivity (Wildman–Crippen MR) is 74.0 cm³/mol. The second-order valence-corrected chi connectivity index (χ2v) is 4.35. The summed E-state index contributed by atoms with van der Waals surface area (Å²) in [5.41, 5.74) is 5.22. The minimum atomic E-state index is 0.941. The number of aryl methyl sites for hydroxylation is 1. The van der Waals surface area contributed by atoms with Crippen LogP contribution >= 0.6 is 0 Å². The lowest BCUT2D eigenvalue weighted by Crippen LogP contribution is -2.11. The first-order chi connectivity index (χ1) is 8.29. The molecule has 0 atom stereocenters. The maximum atomic E-state index is 3.35. The highest BCUT2D eigenvalue weighted by Crippen LogP contribution is 2.20. The monoisotopic (exact) mass is 225 g/mol. The van der Waals surface area contributed by atoms with Crippen LogP contribution < -0.4 is 5.32 Å². The van der Waals surface area contributed by atoms with Crippen molar-refractivity contribution >= 4 is 0 Å². The zero-order valence-electron chi connectivity index (χ0n) is 10.5. The zero-order chi connectivity index (χ0) is 12.1. The van der Waals surface area contributed by atoms with E-state index >= 15 is 0 Å². The van der Waals surface area contributed by atoms with E-state index in [2.05, 4.69) is 67.7 Å². The van der Waals surface area contributed by atoms with Gasteiger partial charge < -0.3 is 5.32 Å². The van der Waals surface area contributed by atoms with Gasteiger partial charge in [-0.3, -0.25) is 0 Å². The van der Waals surface area contributed by atoms with Crippen molar-refractivity contribution in [3.63, 3.8) is 0 Å². The van der Waals surface area contributed by atoms with E-state index in [-0.39, 0.29) is 0 Å². The highest BCUT2D eigenvalue weighted by molar-refractivity contribution is 5.64. The van der Waals surface area contributed by atoms with Crippen LogP contribution in [0.5, 0.6) is 0 Å². The Balaban J connectivity index is 2.23. The molecule has 0 saturated carbocycles. The van der Waals surface area contributed by atoms with Crippen LogP contribution in [0.1, 0.15) is 18.1 Å². The summed E-state index contributed by atoms with van der Waals surface area (Å²) >= 11 is 0. The van der Waals surface area contributed by atoms with Crippen LogP contribution in [0.25, 0.3) is 11.1 Å². The van der Waals surface area contributed by atoms with Crippen molar-refractivity contribution in [1.29, 1.82) is 0 Å². The molecule has 0 aliphatic carbocycles. The molecule has 17 heavy (non-hydrogen) atoms. The molecule has 0 fully saturated rings. The van der Waals surface area contributed by atoms with Gasteiger partial charge in [0.2, 0.25) is 0 Å². The standard InChI is InChI=1S/C16H19N/c1-3-17-12-14-5-4-6-16(11-14)15-9-7-13(2)8-10-15/h4-11,17H,3,12H2,1-2H3. The van der Waals surface area contributed by atoms with Gasteiger partial charge in [0.15, 0.2) is 0 Å². The Morgan fingerprint density at radius 2 is 1.71 bits per heavy atom. The third kappa shape index (κ3) is 3.18. The van der Waals surface area contributed by atoms with Crippen molar-refractivity contribution in [3.8, 4) is 11.1 Å². The fourth-order valence-electron chi connectivity index (χ4n) is 1.88. The van der Waals surface area contributed by atoms with Gasteiger partial charge in [0, 0.05) is 6.54 Å². The molecule has 0 heterocycles. The first-order valence-electron chi connectivity index (χ1n) is 6.16. The molecule has 0 aliphatic rings. The van der Waals surface area contributed by atoms with E-state index in [0.29, 0.717) is 0 Å². The average Bonchev–Trinajstić information content (AvgIpc) is 2.37. The minimum Gasteiger partial charge on any atom is -0.313 e. The van der Waals surface area contributed by atoms with E-state index in [4.69, 9.17) is 0 Å². The smallest absolute Gasteiger partial charge is 0.0205 e. The molecule has 0 bridgehead atoms. The van der Waals surface area contributed by atoms with Crippen molar-refractivity contribution in [3.05, 3.63) is 59.7 Å². The summed E-state index contributed by atoms with van der Waals surface area (Å²) in [6, 6.07) is 17.4. The maximum Gasteiger partial charge on any atom is 0.0205 e. The molecule has 0 radical (unpaired) electrons. The average molecular weight is 225 g/mol. The molecule has 0 saturated heterocycles. The van der Waals surface area contributed by atoms with E-state index in [1.165, 1.54) is 22.3 Å². The lowest BCUT2D eigenvalue weighted by atomic mass is 10.0. The van der Waals surface area contributed by atoms with Crippen LogP contribution in [0.3, 0.4) is 0 Å². The van der Waals surface area contributed by atoms with E-state index in [9.17, 15) is 0 Å². The van der Waals surface area contributed by atoms with Crippen LogP contribution in [-0.4, -0.2) is 6.54 Å². The first kappa shape index (κ1) is 11.9. The van der Waals surface area contributed by atoms with Crippen molar-refractivity contribution in [2.75, 3.05) is 6.54 Å². The molecule has 1 N–H and O–H groups in total. The summed E-state index contributed by atoms with van der Waals surface area (Å²) in [5.74, 6) is 0. The molecule has 1 heteroatoms. The number of benzene rings is 2.